The van der Waals surface area contributed by atoms with E-state index in [1.807, 2.05) is 30.3 Å². The molecule has 0 aliphatic carbocycles. The number of hydrogen-bond acceptors (Lipinski definition) is 3. The molecular formula is C7H6NOS. The summed E-state index contributed by atoms with van der Waals surface area (Å²) in [6, 6.07) is 9.45. The molecule has 0 bridgehead atoms. The molecule has 0 saturated heterocycles. The van der Waals surface area contributed by atoms with Crippen molar-refractivity contribution in [3.63, 3.8) is 0 Å². The van der Waals surface area contributed by atoms with Gasteiger partial charge in [0, 0.05) is 0 Å². The first-order valence-corrected chi connectivity index (χ1v) is 3.18. The summed E-state index contributed by atoms with van der Waals surface area (Å²) in [5, 5.41) is 0. The normalized spacial score (nSPS) is 8.40. The maximum absolute atomic E-state index is 4.53. The van der Waals surface area contributed by atoms with E-state index in [-0.39, 0.29) is 0 Å². The van der Waals surface area contributed by atoms with Gasteiger partial charge in [0.2, 0.25) is 0 Å². The first-order chi connectivity index (χ1) is 4.93. The van der Waals surface area contributed by atoms with Crippen molar-refractivity contribution in [2.24, 2.45) is 0 Å². The Morgan fingerprint density at radius 2 is 2.00 bits per heavy atom. The zero-order chi connectivity index (χ0) is 7.23. The van der Waals surface area contributed by atoms with Crippen LogP contribution in [0, 0.1) is 0 Å². The smallest absolute Gasteiger partial charge is 0.275 e. The zero-order valence-electron chi connectivity index (χ0n) is 5.20. The van der Waals surface area contributed by atoms with Gasteiger partial charge >= 0.3 is 0 Å². The number of thiocarbonyl (C=S) groups is 1. The van der Waals surface area contributed by atoms with Crippen molar-refractivity contribution in [1.29, 1.82) is 0 Å². The van der Waals surface area contributed by atoms with Gasteiger partial charge in [-0.1, -0.05) is 18.2 Å². The van der Waals surface area contributed by atoms with Crippen LogP contribution in [0.5, 0.6) is 0 Å². The van der Waals surface area contributed by atoms with Crippen LogP contribution in [0.3, 0.4) is 0 Å². The highest BCUT2D eigenvalue weighted by Crippen LogP contribution is 2.03. The molecule has 3 heteroatoms. The van der Waals surface area contributed by atoms with Crippen LogP contribution in [0.4, 0.5) is 5.69 Å². The fraction of sp³-hybridized carbons (Fsp3) is 0. The third-order valence-corrected chi connectivity index (χ3v) is 1.07. The van der Waals surface area contributed by atoms with E-state index >= 15 is 0 Å². The second kappa shape index (κ2) is 3.85. The van der Waals surface area contributed by atoms with Crippen LogP contribution in [-0.4, -0.2) is 5.55 Å². The predicted molar refractivity (Wildman–Crippen MR) is 43.7 cm³/mol. The number of hydrogen-bond donors (Lipinski definition) is 1. The summed E-state index contributed by atoms with van der Waals surface area (Å²) in [6.07, 6.45) is 0. The van der Waals surface area contributed by atoms with Gasteiger partial charge in [0.1, 0.15) is 0 Å². The highest BCUT2D eigenvalue weighted by atomic mass is 32.1. The van der Waals surface area contributed by atoms with Gasteiger partial charge in [0.25, 0.3) is 5.55 Å². The predicted octanol–water partition coefficient (Wildman–Crippen LogP) is 1.86. The minimum absolute atomic E-state index is 0.861. The molecule has 1 rings (SSSR count). The summed E-state index contributed by atoms with van der Waals surface area (Å²) < 4.78 is 0. The fourth-order valence-electron chi connectivity index (χ4n) is 0.586. The Hall–Kier alpha value is -1.09. The van der Waals surface area contributed by atoms with E-state index in [9.17, 15) is 0 Å². The summed E-state index contributed by atoms with van der Waals surface area (Å²) in [4.78, 5) is 4.53. The van der Waals surface area contributed by atoms with Gasteiger partial charge < -0.3 is 4.84 Å². The average Bonchev–Trinajstić information content (AvgIpc) is 2.03. The van der Waals surface area contributed by atoms with Gasteiger partial charge in [-0.15, -0.1) is 0 Å². The van der Waals surface area contributed by atoms with Crippen molar-refractivity contribution in [3.05, 3.63) is 30.3 Å². The maximum atomic E-state index is 4.53. The average molecular weight is 152 g/mol. The van der Waals surface area contributed by atoms with E-state index in [1.165, 1.54) is 0 Å². The van der Waals surface area contributed by atoms with Crippen molar-refractivity contribution < 1.29 is 4.84 Å². The van der Waals surface area contributed by atoms with Crippen LogP contribution < -0.4 is 5.48 Å². The molecule has 0 fully saturated rings. The van der Waals surface area contributed by atoms with Crippen molar-refractivity contribution in [2.45, 2.75) is 0 Å². The molecule has 1 radical (unpaired) electrons. The monoisotopic (exact) mass is 152 g/mol. The summed E-state index contributed by atoms with van der Waals surface area (Å²) >= 11 is 4.32. The molecule has 0 saturated carbocycles. The van der Waals surface area contributed by atoms with Gasteiger partial charge in [-0.05, 0) is 24.4 Å². The molecule has 10 heavy (non-hydrogen) atoms. The number of benzene rings is 1. The molecule has 1 aromatic rings. The van der Waals surface area contributed by atoms with Crippen molar-refractivity contribution >= 4 is 23.5 Å². The lowest BCUT2D eigenvalue weighted by Gasteiger charge is -1.99. The lowest BCUT2D eigenvalue weighted by molar-refractivity contribution is 0.422. The van der Waals surface area contributed by atoms with Crippen molar-refractivity contribution in [3.8, 4) is 0 Å². The third-order valence-electron chi connectivity index (χ3n) is 0.984. The van der Waals surface area contributed by atoms with Crippen LogP contribution in [0.25, 0.3) is 0 Å². The zero-order valence-corrected chi connectivity index (χ0v) is 6.02. The first-order valence-electron chi connectivity index (χ1n) is 2.77. The Balaban J connectivity index is 2.50. The topological polar surface area (TPSA) is 21.3 Å². The van der Waals surface area contributed by atoms with Crippen LogP contribution >= 0.6 is 12.2 Å². The minimum atomic E-state index is 0.861. The lowest BCUT2D eigenvalue weighted by atomic mass is 10.3. The van der Waals surface area contributed by atoms with Crippen LogP contribution in [-0.2, 0) is 4.84 Å². The largest absolute Gasteiger partial charge is 0.365 e. The SMILES string of the molecule is S=[C]ONc1ccccc1. The van der Waals surface area contributed by atoms with E-state index in [4.69, 9.17) is 0 Å². The van der Waals surface area contributed by atoms with Gasteiger partial charge in [0.15, 0.2) is 0 Å². The molecule has 0 spiro atoms. The summed E-state index contributed by atoms with van der Waals surface area (Å²) in [7, 11) is 0. The molecule has 0 unspecified atom stereocenters. The molecule has 51 valence electrons. The van der Waals surface area contributed by atoms with E-state index < -0.39 is 0 Å². The summed E-state index contributed by atoms with van der Waals surface area (Å²) in [5.74, 6) is 0. The Morgan fingerprint density at radius 1 is 1.30 bits per heavy atom. The Labute approximate surface area is 64.8 Å². The van der Waals surface area contributed by atoms with Gasteiger partial charge in [-0.2, -0.15) is 0 Å². The molecule has 0 aromatic heterocycles. The highest BCUT2D eigenvalue weighted by molar-refractivity contribution is 7.78. The molecule has 0 aliphatic rings. The Morgan fingerprint density at radius 3 is 2.60 bits per heavy atom. The molecule has 0 aliphatic heterocycles. The lowest BCUT2D eigenvalue weighted by Crippen LogP contribution is -1.96. The molecule has 0 heterocycles. The van der Waals surface area contributed by atoms with Crippen LogP contribution in [0.2, 0.25) is 0 Å². The van der Waals surface area contributed by atoms with Crippen molar-refractivity contribution in [2.75, 3.05) is 5.48 Å². The standard InChI is InChI=1S/C7H6NOS/c10-6-9-8-7-4-2-1-3-5-7/h1-5,8H. The molecular weight excluding hydrogens is 146 g/mol. The molecule has 1 N–H and O–H groups in total. The molecule has 0 atom stereocenters. The van der Waals surface area contributed by atoms with Gasteiger partial charge in [-0.25, -0.2) is 5.48 Å². The van der Waals surface area contributed by atoms with Crippen LogP contribution in [0.1, 0.15) is 0 Å². The molecule has 2 nitrogen and oxygen atoms in total. The minimum Gasteiger partial charge on any atom is -0.365 e. The quantitative estimate of drug-likeness (QED) is 0.527. The van der Waals surface area contributed by atoms with E-state index in [0.29, 0.717) is 0 Å². The highest BCUT2D eigenvalue weighted by Gasteiger charge is 1.84. The number of rotatable bonds is 3. The van der Waals surface area contributed by atoms with Gasteiger partial charge in [-0.3, -0.25) is 0 Å². The van der Waals surface area contributed by atoms with Crippen molar-refractivity contribution in [1.82, 2.24) is 0 Å². The first kappa shape index (κ1) is 7.02. The molecule has 1 aromatic carbocycles. The Bertz CT molecular complexity index is 200. The summed E-state index contributed by atoms with van der Waals surface area (Å²) in [5.41, 5.74) is 5.53. The second-order valence-corrected chi connectivity index (χ2v) is 1.82. The van der Waals surface area contributed by atoms with E-state index in [0.717, 1.165) is 5.69 Å². The Kier molecular flexibility index (Phi) is 2.70. The third kappa shape index (κ3) is 2.03. The molecule has 0 amide bonds. The fourth-order valence-corrected chi connectivity index (χ4v) is 0.628. The maximum Gasteiger partial charge on any atom is 0.275 e. The number of anilines is 1. The van der Waals surface area contributed by atoms with E-state index in [2.05, 4.69) is 28.1 Å². The summed E-state index contributed by atoms with van der Waals surface area (Å²) in [6.45, 7) is 0. The van der Waals surface area contributed by atoms with E-state index in [1.54, 1.807) is 0 Å². The number of para-hydroxylation sites is 1. The van der Waals surface area contributed by atoms with Crippen LogP contribution in [0.15, 0.2) is 30.3 Å². The second-order valence-electron chi connectivity index (χ2n) is 1.65. The number of nitrogens with one attached hydrogen (secondary N) is 1. The van der Waals surface area contributed by atoms with Gasteiger partial charge in [0.05, 0.1) is 5.69 Å².